The van der Waals surface area contributed by atoms with Crippen LogP contribution in [0.2, 0.25) is 0 Å². The summed E-state index contributed by atoms with van der Waals surface area (Å²) < 4.78 is 16.5. The SMILES string of the molecule is O=C(OC1CO[C@@H]2CCOC12)c1ccccc1CO[N+](=O)[O-]. The van der Waals surface area contributed by atoms with E-state index in [0.29, 0.717) is 18.8 Å². The molecule has 0 N–H and O–H groups in total. The molecular formula is C14H15NO7. The van der Waals surface area contributed by atoms with Gasteiger partial charge in [-0.25, -0.2) is 4.79 Å². The molecule has 22 heavy (non-hydrogen) atoms. The molecule has 0 aromatic heterocycles. The van der Waals surface area contributed by atoms with Crippen LogP contribution in [0, 0.1) is 10.1 Å². The van der Waals surface area contributed by atoms with Gasteiger partial charge in [0.25, 0.3) is 5.09 Å². The number of carbonyl (C=O) groups excluding carboxylic acids is 1. The molecule has 2 unspecified atom stereocenters. The highest BCUT2D eigenvalue weighted by molar-refractivity contribution is 5.91. The van der Waals surface area contributed by atoms with Gasteiger partial charge in [-0.3, -0.25) is 0 Å². The summed E-state index contributed by atoms with van der Waals surface area (Å²) in [6.45, 7) is 0.591. The molecule has 2 heterocycles. The van der Waals surface area contributed by atoms with Crippen molar-refractivity contribution in [3.05, 3.63) is 45.5 Å². The Morgan fingerprint density at radius 3 is 3.00 bits per heavy atom. The highest BCUT2D eigenvalue weighted by Crippen LogP contribution is 2.29. The molecule has 0 amide bonds. The summed E-state index contributed by atoms with van der Waals surface area (Å²) >= 11 is 0. The molecular weight excluding hydrogens is 294 g/mol. The number of benzene rings is 1. The van der Waals surface area contributed by atoms with E-state index in [1.807, 2.05) is 0 Å². The minimum atomic E-state index is -0.899. The number of fused-ring (bicyclic) bond motifs is 1. The Kier molecular flexibility index (Phi) is 4.21. The Balaban J connectivity index is 1.68. The lowest BCUT2D eigenvalue weighted by molar-refractivity contribution is -0.763. The molecule has 2 saturated heterocycles. The van der Waals surface area contributed by atoms with E-state index in [2.05, 4.69) is 4.84 Å². The zero-order valence-electron chi connectivity index (χ0n) is 11.7. The zero-order chi connectivity index (χ0) is 15.5. The van der Waals surface area contributed by atoms with Gasteiger partial charge in [0.05, 0.1) is 18.3 Å². The number of esters is 1. The second-order valence-corrected chi connectivity index (χ2v) is 5.09. The molecule has 1 aromatic rings. The topological polar surface area (TPSA) is 97.1 Å². The first-order valence-electron chi connectivity index (χ1n) is 6.94. The van der Waals surface area contributed by atoms with E-state index < -0.39 is 17.2 Å². The summed E-state index contributed by atoms with van der Waals surface area (Å²) in [5.74, 6) is -0.563. The van der Waals surface area contributed by atoms with Gasteiger partial charge in [-0.15, -0.1) is 10.1 Å². The maximum Gasteiger partial charge on any atom is 0.338 e. The van der Waals surface area contributed by atoms with E-state index in [1.165, 1.54) is 0 Å². The molecule has 0 radical (unpaired) electrons. The van der Waals surface area contributed by atoms with Gasteiger partial charge in [0.15, 0.2) is 6.10 Å². The number of hydrogen-bond acceptors (Lipinski definition) is 7. The van der Waals surface area contributed by atoms with Crippen molar-refractivity contribution in [2.24, 2.45) is 0 Å². The number of hydrogen-bond donors (Lipinski definition) is 0. The van der Waals surface area contributed by atoms with Crippen molar-refractivity contribution in [1.82, 2.24) is 0 Å². The zero-order valence-corrected chi connectivity index (χ0v) is 11.7. The first-order valence-corrected chi connectivity index (χ1v) is 6.94. The third kappa shape index (κ3) is 3.02. The van der Waals surface area contributed by atoms with Crippen molar-refractivity contribution in [1.29, 1.82) is 0 Å². The minimum absolute atomic E-state index is 0.0224. The highest BCUT2D eigenvalue weighted by Gasteiger charge is 2.44. The van der Waals surface area contributed by atoms with Crippen LogP contribution in [0.15, 0.2) is 24.3 Å². The van der Waals surface area contributed by atoms with E-state index in [4.69, 9.17) is 14.2 Å². The summed E-state index contributed by atoms with van der Waals surface area (Å²) in [7, 11) is 0. The van der Waals surface area contributed by atoms with Crippen LogP contribution in [0.25, 0.3) is 0 Å². The van der Waals surface area contributed by atoms with Crippen molar-refractivity contribution in [3.63, 3.8) is 0 Å². The van der Waals surface area contributed by atoms with Crippen LogP contribution in [0.4, 0.5) is 0 Å². The number of nitrogens with zero attached hydrogens (tertiary/aromatic N) is 1. The molecule has 0 spiro atoms. The first kappa shape index (κ1) is 14.7. The van der Waals surface area contributed by atoms with Gasteiger partial charge in [0, 0.05) is 6.61 Å². The van der Waals surface area contributed by atoms with Gasteiger partial charge < -0.3 is 19.0 Å². The second kappa shape index (κ2) is 6.29. The molecule has 2 aliphatic heterocycles. The Morgan fingerprint density at radius 2 is 2.18 bits per heavy atom. The number of carbonyl (C=O) groups is 1. The molecule has 0 saturated carbocycles. The van der Waals surface area contributed by atoms with Gasteiger partial charge >= 0.3 is 5.97 Å². The predicted octanol–water partition coefficient (Wildman–Crippen LogP) is 1.11. The Hall–Kier alpha value is -2.19. The van der Waals surface area contributed by atoms with Gasteiger partial charge in [-0.1, -0.05) is 18.2 Å². The van der Waals surface area contributed by atoms with Crippen molar-refractivity contribution in [3.8, 4) is 0 Å². The molecule has 1 aromatic carbocycles. The first-order chi connectivity index (χ1) is 10.6. The van der Waals surface area contributed by atoms with E-state index in [-0.39, 0.29) is 24.4 Å². The van der Waals surface area contributed by atoms with Gasteiger partial charge in [0.1, 0.15) is 12.7 Å². The van der Waals surface area contributed by atoms with Crippen LogP contribution in [0.3, 0.4) is 0 Å². The molecule has 118 valence electrons. The van der Waals surface area contributed by atoms with E-state index in [9.17, 15) is 14.9 Å². The summed E-state index contributed by atoms with van der Waals surface area (Å²) in [5, 5.41) is 9.39. The fourth-order valence-electron chi connectivity index (χ4n) is 2.70. The van der Waals surface area contributed by atoms with Crippen molar-refractivity contribution < 1.29 is 28.9 Å². The normalized spacial score (nSPS) is 26.5. The third-order valence-corrected chi connectivity index (χ3v) is 3.74. The van der Waals surface area contributed by atoms with Crippen LogP contribution in [0.5, 0.6) is 0 Å². The largest absolute Gasteiger partial charge is 0.453 e. The quantitative estimate of drug-likeness (QED) is 0.456. The number of rotatable bonds is 5. The average molecular weight is 309 g/mol. The molecule has 0 aliphatic carbocycles. The van der Waals surface area contributed by atoms with Crippen molar-refractivity contribution >= 4 is 5.97 Å². The highest BCUT2D eigenvalue weighted by atomic mass is 16.9. The second-order valence-electron chi connectivity index (χ2n) is 5.09. The third-order valence-electron chi connectivity index (χ3n) is 3.74. The van der Waals surface area contributed by atoms with Crippen molar-refractivity contribution in [2.45, 2.75) is 31.3 Å². The monoisotopic (exact) mass is 309 g/mol. The molecule has 3 rings (SSSR count). The summed E-state index contributed by atoms with van der Waals surface area (Å²) in [4.78, 5) is 26.9. The fourth-order valence-corrected chi connectivity index (χ4v) is 2.70. The summed E-state index contributed by atoms with van der Waals surface area (Å²) in [6, 6.07) is 6.46. The van der Waals surface area contributed by atoms with Crippen LogP contribution in [-0.2, 0) is 25.7 Å². The van der Waals surface area contributed by atoms with Gasteiger partial charge in [-0.2, -0.15) is 0 Å². The van der Waals surface area contributed by atoms with Gasteiger partial charge in [-0.05, 0) is 18.1 Å². The standard InChI is InChI=1S/C14H15NO7/c16-14(22-12-8-20-11-5-6-19-13(11)12)10-4-2-1-3-9(10)7-21-15(17)18/h1-4,11-13H,5-8H2/t11-,12?,13?/m1/s1. The molecule has 8 nitrogen and oxygen atoms in total. The average Bonchev–Trinajstić information content (AvgIpc) is 3.10. The van der Waals surface area contributed by atoms with Crippen LogP contribution >= 0.6 is 0 Å². The fraction of sp³-hybridized carbons (Fsp3) is 0.500. The summed E-state index contributed by atoms with van der Waals surface area (Å²) in [6.07, 6.45) is 0.0906. The van der Waals surface area contributed by atoms with E-state index in [1.54, 1.807) is 24.3 Å². The van der Waals surface area contributed by atoms with Crippen LogP contribution < -0.4 is 0 Å². The predicted molar refractivity (Wildman–Crippen MR) is 71.5 cm³/mol. The minimum Gasteiger partial charge on any atom is -0.453 e. The van der Waals surface area contributed by atoms with Crippen LogP contribution in [-0.4, -0.2) is 42.6 Å². The lowest BCUT2D eigenvalue weighted by Crippen LogP contribution is -2.32. The lowest BCUT2D eigenvalue weighted by Gasteiger charge is -2.17. The maximum absolute atomic E-state index is 12.3. The molecule has 2 fully saturated rings. The molecule has 2 aliphatic rings. The number of ether oxygens (including phenoxy) is 3. The van der Waals surface area contributed by atoms with E-state index >= 15 is 0 Å². The molecule has 3 atom stereocenters. The lowest BCUT2D eigenvalue weighted by atomic mass is 10.1. The van der Waals surface area contributed by atoms with E-state index in [0.717, 1.165) is 6.42 Å². The Bertz CT molecular complexity index is 576. The summed E-state index contributed by atoms with van der Waals surface area (Å²) in [5.41, 5.74) is 0.637. The van der Waals surface area contributed by atoms with Crippen molar-refractivity contribution in [2.75, 3.05) is 13.2 Å². The smallest absolute Gasteiger partial charge is 0.338 e. The van der Waals surface area contributed by atoms with Crippen LogP contribution in [0.1, 0.15) is 22.3 Å². The Labute approximate surface area is 126 Å². The molecule has 0 bridgehead atoms. The molecule has 8 heteroatoms. The van der Waals surface area contributed by atoms with Gasteiger partial charge in [0.2, 0.25) is 0 Å². The maximum atomic E-state index is 12.3. The Morgan fingerprint density at radius 1 is 1.36 bits per heavy atom.